The smallest absolute Gasteiger partial charge is 0.217 e. The maximum Gasteiger partial charge on any atom is 0.217 e. The fourth-order valence-electron chi connectivity index (χ4n) is 0.889. The van der Waals surface area contributed by atoms with Crippen LogP contribution in [0.2, 0.25) is 0 Å². The first kappa shape index (κ1) is 10.2. The molecule has 0 aromatic carbocycles. The minimum atomic E-state index is -0.277. The number of carbonyl (C=O) groups is 1. The summed E-state index contributed by atoms with van der Waals surface area (Å²) in [5.41, 5.74) is 6.00. The summed E-state index contributed by atoms with van der Waals surface area (Å²) in [6.45, 7) is 0. The molecular formula is C9H10BrN2O. The molecule has 13 heavy (non-hydrogen) atoms. The van der Waals surface area contributed by atoms with Crippen LogP contribution in [-0.4, -0.2) is 10.9 Å². The second-order valence-corrected chi connectivity index (χ2v) is 3.44. The van der Waals surface area contributed by atoms with Crippen LogP contribution < -0.4 is 5.73 Å². The van der Waals surface area contributed by atoms with Gasteiger partial charge in [0.1, 0.15) is 4.60 Å². The van der Waals surface area contributed by atoms with Gasteiger partial charge in [0, 0.05) is 12.6 Å². The molecule has 1 aromatic heterocycles. The first-order chi connectivity index (χ1) is 6.18. The van der Waals surface area contributed by atoms with E-state index in [-0.39, 0.29) is 5.91 Å². The molecule has 1 heterocycles. The minimum absolute atomic E-state index is 0.277. The maximum absolute atomic E-state index is 10.4. The molecule has 1 radical (unpaired) electrons. The lowest BCUT2D eigenvalue weighted by molar-refractivity contribution is -0.117. The number of halogens is 1. The molecule has 0 aliphatic heterocycles. The van der Waals surface area contributed by atoms with Crippen molar-refractivity contribution in [1.82, 2.24) is 4.98 Å². The van der Waals surface area contributed by atoms with Crippen molar-refractivity contribution in [3.8, 4) is 0 Å². The van der Waals surface area contributed by atoms with Crippen molar-refractivity contribution in [3.63, 3.8) is 0 Å². The van der Waals surface area contributed by atoms with Gasteiger partial charge in [-0.15, -0.1) is 0 Å². The number of nitrogens with zero attached hydrogens (tertiary/aromatic N) is 1. The van der Waals surface area contributed by atoms with E-state index in [0.717, 1.165) is 10.2 Å². The summed E-state index contributed by atoms with van der Waals surface area (Å²) in [6, 6.07) is 3.79. The predicted molar refractivity (Wildman–Crippen MR) is 53.8 cm³/mol. The standard InChI is InChI=1S/C9H10BrN2O/c10-8-5-4-7(6-12-8)2-1-3-9(11)13/h2,4-6H,1,3H2,(H2,11,13). The van der Waals surface area contributed by atoms with Gasteiger partial charge in [0.15, 0.2) is 0 Å². The highest BCUT2D eigenvalue weighted by atomic mass is 79.9. The summed E-state index contributed by atoms with van der Waals surface area (Å²) in [6.07, 6.45) is 4.73. The molecule has 0 atom stereocenters. The molecule has 0 unspecified atom stereocenters. The Balaban J connectivity index is 2.37. The first-order valence-electron chi connectivity index (χ1n) is 3.91. The van der Waals surface area contributed by atoms with E-state index in [2.05, 4.69) is 20.9 Å². The minimum Gasteiger partial charge on any atom is -0.370 e. The van der Waals surface area contributed by atoms with Crippen molar-refractivity contribution >= 4 is 21.8 Å². The number of primary amides is 1. The predicted octanol–water partition coefficient (Wildman–Crippen LogP) is 1.66. The zero-order valence-corrected chi connectivity index (χ0v) is 8.62. The Morgan fingerprint density at radius 3 is 2.92 bits per heavy atom. The van der Waals surface area contributed by atoms with E-state index in [0.29, 0.717) is 12.8 Å². The third kappa shape index (κ3) is 4.03. The molecule has 0 aliphatic rings. The van der Waals surface area contributed by atoms with Crippen molar-refractivity contribution in [2.24, 2.45) is 5.73 Å². The number of aromatic nitrogens is 1. The molecule has 1 amide bonds. The highest BCUT2D eigenvalue weighted by Gasteiger charge is 1.97. The SMILES string of the molecule is NC(=O)CC[CH]c1ccc(Br)nc1. The topological polar surface area (TPSA) is 56.0 Å². The van der Waals surface area contributed by atoms with E-state index in [1.165, 1.54) is 0 Å². The molecule has 2 N–H and O–H groups in total. The Hall–Kier alpha value is -0.900. The molecule has 1 rings (SSSR count). The van der Waals surface area contributed by atoms with Crippen LogP contribution in [0.5, 0.6) is 0 Å². The molecule has 0 saturated heterocycles. The van der Waals surface area contributed by atoms with Crippen LogP contribution in [-0.2, 0) is 4.79 Å². The fourth-order valence-corrected chi connectivity index (χ4v) is 1.12. The number of rotatable bonds is 4. The van der Waals surface area contributed by atoms with Crippen LogP contribution in [0.15, 0.2) is 22.9 Å². The van der Waals surface area contributed by atoms with Crippen LogP contribution in [0.25, 0.3) is 0 Å². The Morgan fingerprint density at radius 2 is 2.38 bits per heavy atom. The molecule has 0 spiro atoms. The number of pyridine rings is 1. The molecule has 1 aromatic rings. The first-order valence-corrected chi connectivity index (χ1v) is 4.71. The Labute approximate surface area is 85.5 Å². The van der Waals surface area contributed by atoms with Crippen molar-refractivity contribution in [2.75, 3.05) is 0 Å². The van der Waals surface area contributed by atoms with Gasteiger partial charge in [-0.3, -0.25) is 4.79 Å². The van der Waals surface area contributed by atoms with Gasteiger partial charge in [-0.2, -0.15) is 0 Å². The van der Waals surface area contributed by atoms with Crippen molar-refractivity contribution < 1.29 is 4.79 Å². The number of amides is 1. The largest absolute Gasteiger partial charge is 0.370 e. The molecule has 0 aliphatic carbocycles. The number of nitrogens with two attached hydrogens (primary N) is 1. The van der Waals surface area contributed by atoms with Gasteiger partial charge >= 0.3 is 0 Å². The average molecular weight is 242 g/mol. The summed E-state index contributed by atoms with van der Waals surface area (Å²) in [7, 11) is 0. The molecule has 4 heteroatoms. The summed E-state index contributed by atoms with van der Waals surface area (Å²) < 4.78 is 0.805. The van der Waals surface area contributed by atoms with Crippen molar-refractivity contribution in [1.29, 1.82) is 0 Å². The Bertz CT molecular complexity index is 284. The van der Waals surface area contributed by atoms with Gasteiger partial charge in [-0.25, -0.2) is 4.98 Å². The summed E-state index contributed by atoms with van der Waals surface area (Å²) >= 11 is 3.24. The van der Waals surface area contributed by atoms with Crippen LogP contribution in [0, 0.1) is 6.42 Å². The molecule has 0 fully saturated rings. The van der Waals surface area contributed by atoms with Gasteiger partial charge in [0.25, 0.3) is 0 Å². The van der Waals surface area contributed by atoms with E-state index < -0.39 is 0 Å². The van der Waals surface area contributed by atoms with Crippen molar-refractivity contribution in [3.05, 3.63) is 34.9 Å². The quantitative estimate of drug-likeness (QED) is 0.816. The zero-order chi connectivity index (χ0) is 9.68. The number of carbonyl (C=O) groups excluding carboxylic acids is 1. The van der Waals surface area contributed by atoms with Gasteiger partial charge in [0.05, 0.1) is 0 Å². The van der Waals surface area contributed by atoms with Gasteiger partial charge in [-0.05, 0) is 40.4 Å². The lowest BCUT2D eigenvalue weighted by atomic mass is 10.1. The lowest BCUT2D eigenvalue weighted by Gasteiger charge is -1.98. The highest BCUT2D eigenvalue weighted by molar-refractivity contribution is 9.10. The third-order valence-corrected chi connectivity index (χ3v) is 1.99. The normalized spacial score (nSPS) is 9.92. The monoisotopic (exact) mass is 241 g/mol. The third-order valence-electron chi connectivity index (χ3n) is 1.52. The van der Waals surface area contributed by atoms with E-state index in [4.69, 9.17) is 5.73 Å². The maximum atomic E-state index is 10.4. The Kier molecular flexibility index (Phi) is 3.89. The summed E-state index contributed by atoms with van der Waals surface area (Å²) in [4.78, 5) is 14.5. The van der Waals surface area contributed by atoms with E-state index >= 15 is 0 Å². The summed E-state index contributed by atoms with van der Waals surface area (Å²) in [5.74, 6) is -0.277. The number of hydrogen-bond acceptors (Lipinski definition) is 2. The van der Waals surface area contributed by atoms with Gasteiger partial charge in [0.2, 0.25) is 5.91 Å². The molecule has 0 saturated carbocycles. The molecule has 3 nitrogen and oxygen atoms in total. The fraction of sp³-hybridized carbons (Fsp3) is 0.222. The van der Waals surface area contributed by atoms with E-state index in [1.807, 2.05) is 18.6 Å². The summed E-state index contributed by atoms with van der Waals surface area (Å²) in [5, 5.41) is 0. The van der Waals surface area contributed by atoms with Crippen LogP contribution in [0.3, 0.4) is 0 Å². The second kappa shape index (κ2) is 4.97. The highest BCUT2D eigenvalue weighted by Crippen LogP contribution is 2.10. The van der Waals surface area contributed by atoms with Gasteiger partial charge < -0.3 is 5.73 Å². The van der Waals surface area contributed by atoms with Crippen LogP contribution >= 0.6 is 15.9 Å². The van der Waals surface area contributed by atoms with E-state index in [1.54, 1.807) is 6.20 Å². The van der Waals surface area contributed by atoms with Crippen LogP contribution in [0.1, 0.15) is 18.4 Å². The van der Waals surface area contributed by atoms with Gasteiger partial charge in [-0.1, -0.05) is 6.07 Å². The zero-order valence-electron chi connectivity index (χ0n) is 7.03. The Morgan fingerprint density at radius 1 is 1.62 bits per heavy atom. The lowest BCUT2D eigenvalue weighted by Crippen LogP contribution is -2.09. The second-order valence-electron chi connectivity index (χ2n) is 2.62. The molecule has 0 bridgehead atoms. The van der Waals surface area contributed by atoms with Crippen molar-refractivity contribution in [2.45, 2.75) is 12.8 Å². The molecule has 69 valence electrons. The van der Waals surface area contributed by atoms with E-state index in [9.17, 15) is 4.79 Å². The average Bonchev–Trinajstić information content (AvgIpc) is 2.08. The number of hydrogen-bond donors (Lipinski definition) is 1. The molecular weight excluding hydrogens is 232 g/mol. The van der Waals surface area contributed by atoms with Crippen LogP contribution in [0.4, 0.5) is 0 Å².